The van der Waals surface area contributed by atoms with Gasteiger partial charge in [-0.2, -0.15) is 0 Å². The van der Waals surface area contributed by atoms with Crippen LogP contribution in [0.15, 0.2) is 18.2 Å². The van der Waals surface area contributed by atoms with Crippen LogP contribution < -0.4 is 9.46 Å². The second-order valence-corrected chi connectivity index (χ2v) is 5.81. The molecule has 5 nitrogen and oxygen atoms in total. The highest BCUT2D eigenvalue weighted by Gasteiger charge is 2.11. The van der Waals surface area contributed by atoms with Crippen molar-refractivity contribution in [2.24, 2.45) is 0 Å². The number of ether oxygens (including phenoxy) is 1. The number of unbranched alkanes of at least 4 members (excludes halogenated alkanes) is 3. The first-order valence-corrected chi connectivity index (χ1v) is 8.35. The number of rotatable bonds is 10. The lowest BCUT2D eigenvalue weighted by Crippen LogP contribution is -2.32. The molecule has 0 aliphatic heterocycles. The average molecular weight is 314 g/mol. The minimum Gasteiger partial charge on any atom is -0.760 e. The molecule has 6 heteroatoms. The van der Waals surface area contributed by atoms with Crippen molar-refractivity contribution in [1.29, 1.82) is 0 Å². The molecule has 0 aliphatic carbocycles. The molecule has 0 radical (unpaired) electrons. The van der Waals surface area contributed by atoms with Gasteiger partial charge in [-0.25, -0.2) is 4.72 Å². The summed E-state index contributed by atoms with van der Waals surface area (Å²) in [6.45, 7) is 2.14. The molecule has 0 amide bonds. The van der Waals surface area contributed by atoms with E-state index in [4.69, 9.17) is 4.74 Å². The Morgan fingerprint density at radius 3 is 2.76 bits per heavy atom. The molecule has 2 atom stereocenters. The van der Waals surface area contributed by atoms with Gasteiger partial charge in [0.2, 0.25) is 0 Å². The molecule has 2 N–H and O–H groups in total. The number of benzene rings is 1. The first-order chi connectivity index (χ1) is 10.1. The van der Waals surface area contributed by atoms with Crippen molar-refractivity contribution in [1.82, 2.24) is 4.72 Å². The van der Waals surface area contributed by atoms with Crippen LogP contribution >= 0.6 is 0 Å². The smallest absolute Gasteiger partial charge is 0.160 e. The molecule has 1 aromatic rings. The highest BCUT2D eigenvalue weighted by Crippen LogP contribution is 2.27. The Hall–Kier alpha value is -1.11. The molecular weight excluding hydrogens is 290 g/mol. The topological polar surface area (TPSA) is 81.6 Å². The minimum absolute atomic E-state index is 0.0844. The largest absolute Gasteiger partial charge is 0.760 e. The van der Waals surface area contributed by atoms with Gasteiger partial charge in [-0.1, -0.05) is 38.7 Å². The zero-order valence-corrected chi connectivity index (χ0v) is 13.4. The lowest BCUT2D eigenvalue weighted by Gasteiger charge is -2.20. The van der Waals surface area contributed by atoms with Gasteiger partial charge >= 0.3 is 0 Å². The van der Waals surface area contributed by atoms with Gasteiger partial charge < -0.3 is 14.4 Å². The summed E-state index contributed by atoms with van der Waals surface area (Å²) in [7, 11) is 1.49. The monoisotopic (exact) mass is 314 g/mol. The molecule has 2 unspecified atom stereocenters. The van der Waals surface area contributed by atoms with E-state index in [1.54, 1.807) is 18.2 Å². The highest BCUT2D eigenvalue weighted by molar-refractivity contribution is 7.77. The Labute approximate surface area is 129 Å². The van der Waals surface area contributed by atoms with E-state index in [1.165, 1.54) is 13.5 Å². The van der Waals surface area contributed by atoms with Crippen LogP contribution in [0.3, 0.4) is 0 Å². The zero-order valence-electron chi connectivity index (χ0n) is 12.6. The second kappa shape index (κ2) is 9.76. The predicted molar refractivity (Wildman–Crippen MR) is 83.0 cm³/mol. The van der Waals surface area contributed by atoms with Crippen LogP contribution in [0, 0.1) is 0 Å². The number of nitrogens with one attached hydrogen (secondary N) is 1. The van der Waals surface area contributed by atoms with Crippen LogP contribution in [0.2, 0.25) is 0 Å². The summed E-state index contributed by atoms with van der Waals surface area (Å²) in [5.41, 5.74) is 0.933. The summed E-state index contributed by atoms with van der Waals surface area (Å²) >= 11 is -2.27. The quantitative estimate of drug-likeness (QED) is 0.514. The van der Waals surface area contributed by atoms with E-state index in [9.17, 15) is 13.9 Å². The van der Waals surface area contributed by atoms with Crippen LogP contribution in [-0.4, -0.2) is 27.0 Å². The van der Waals surface area contributed by atoms with Gasteiger partial charge in [-0.15, -0.1) is 0 Å². The van der Waals surface area contributed by atoms with Crippen molar-refractivity contribution in [3.63, 3.8) is 0 Å². The molecule has 0 spiro atoms. The van der Waals surface area contributed by atoms with Crippen LogP contribution in [0.1, 0.15) is 44.6 Å². The summed E-state index contributed by atoms with van der Waals surface area (Å²) in [6, 6.07) is 4.96. The summed E-state index contributed by atoms with van der Waals surface area (Å²) in [5, 5.41) is 9.58. The molecule has 21 heavy (non-hydrogen) atoms. The van der Waals surface area contributed by atoms with Crippen molar-refractivity contribution < 1.29 is 18.6 Å². The molecule has 120 valence electrons. The van der Waals surface area contributed by atoms with Crippen molar-refractivity contribution in [2.45, 2.75) is 51.5 Å². The standard InChI is InChI=1S/C15H25NO4S/c1-3-4-5-6-7-13(16-21(18)19)10-12-8-9-14(17)15(11-12)20-2/h8-9,11,13,16-17H,3-7,10H2,1-2H3,(H,18,19)/p-1. The maximum absolute atomic E-state index is 10.9. The lowest BCUT2D eigenvalue weighted by atomic mass is 10.0. The van der Waals surface area contributed by atoms with E-state index in [0.29, 0.717) is 12.2 Å². The Kier molecular flexibility index (Phi) is 8.34. The molecule has 0 fully saturated rings. The first-order valence-electron chi connectivity index (χ1n) is 7.28. The Morgan fingerprint density at radius 2 is 2.14 bits per heavy atom. The number of phenolic OH excluding ortho intramolecular Hbond substituents is 1. The Bertz CT molecular complexity index is 453. The fourth-order valence-electron chi connectivity index (χ4n) is 2.29. The zero-order chi connectivity index (χ0) is 15.7. The second-order valence-electron chi connectivity index (χ2n) is 5.11. The van der Waals surface area contributed by atoms with Gasteiger partial charge in [-0.3, -0.25) is 4.21 Å². The molecule has 0 saturated heterocycles. The fourth-order valence-corrected chi connectivity index (χ4v) is 2.76. The molecular formula is C15H24NO4S-. The first kappa shape index (κ1) is 17.9. The van der Waals surface area contributed by atoms with E-state index in [2.05, 4.69) is 11.6 Å². The van der Waals surface area contributed by atoms with E-state index in [1.807, 2.05) is 0 Å². The number of methoxy groups -OCH3 is 1. The average Bonchev–Trinajstić information content (AvgIpc) is 2.45. The molecule has 0 aliphatic rings. The SMILES string of the molecule is CCCCCCC(Cc1ccc(O)c(OC)c1)NS(=O)[O-]. The van der Waals surface area contributed by atoms with Crippen molar-refractivity contribution >= 4 is 11.3 Å². The maximum atomic E-state index is 10.9. The van der Waals surface area contributed by atoms with E-state index in [0.717, 1.165) is 31.2 Å². The molecule has 1 rings (SSSR count). The van der Waals surface area contributed by atoms with Crippen LogP contribution in [0.4, 0.5) is 0 Å². The summed E-state index contributed by atoms with van der Waals surface area (Å²) in [5.74, 6) is 0.488. The minimum atomic E-state index is -2.27. The van der Waals surface area contributed by atoms with E-state index < -0.39 is 11.3 Å². The molecule has 0 bridgehead atoms. The lowest BCUT2D eigenvalue weighted by molar-refractivity contribution is 0.372. The normalized spacial score (nSPS) is 13.9. The summed E-state index contributed by atoms with van der Waals surface area (Å²) < 4.78 is 29.4. The third kappa shape index (κ3) is 6.93. The number of hydrogen-bond acceptors (Lipinski definition) is 4. The van der Waals surface area contributed by atoms with Crippen LogP contribution in [0.25, 0.3) is 0 Å². The highest BCUT2D eigenvalue weighted by atomic mass is 32.2. The van der Waals surface area contributed by atoms with Crippen molar-refractivity contribution in [2.75, 3.05) is 7.11 Å². The molecule has 0 heterocycles. The summed E-state index contributed by atoms with van der Waals surface area (Å²) in [4.78, 5) is 0. The number of phenols is 1. The maximum Gasteiger partial charge on any atom is 0.160 e. The van der Waals surface area contributed by atoms with E-state index in [-0.39, 0.29) is 11.8 Å². The van der Waals surface area contributed by atoms with Gasteiger partial charge in [0.25, 0.3) is 0 Å². The Balaban J connectivity index is 2.64. The van der Waals surface area contributed by atoms with Gasteiger partial charge in [-0.05, 0) is 30.5 Å². The molecule has 1 aromatic carbocycles. The van der Waals surface area contributed by atoms with E-state index >= 15 is 0 Å². The Morgan fingerprint density at radius 1 is 1.38 bits per heavy atom. The number of aromatic hydroxyl groups is 1. The van der Waals surface area contributed by atoms with Crippen LogP contribution in [-0.2, 0) is 17.7 Å². The van der Waals surface area contributed by atoms with Crippen molar-refractivity contribution in [3.8, 4) is 11.5 Å². The van der Waals surface area contributed by atoms with Crippen molar-refractivity contribution in [3.05, 3.63) is 23.8 Å². The molecule has 0 aromatic heterocycles. The fraction of sp³-hybridized carbons (Fsp3) is 0.600. The van der Waals surface area contributed by atoms with Gasteiger partial charge in [0, 0.05) is 17.3 Å². The van der Waals surface area contributed by atoms with Gasteiger partial charge in [0.1, 0.15) is 0 Å². The van der Waals surface area contributed by atoms with Gasteiger partial charge in [0.05, 0.1) is 7.11 Å². The van der Waals surface area contributed by atoms with Crippen LogP contribution in [0.5, 0.6) is 11.5 Å². The predicted octanol–water partition coefficient (Wildman–Crippen LogP) is 2.67. The third-order valence-electron chi connectivity index (χ3n) is 3.40. The third-order valence-corrected chi connectivity index (χ3v) is 3.92. The van der Waals surface area contributed by atoms with Gasteiger partial charge in [0.15, 0.2) is 11.5 Å². The molecule has 0 saturated carbocycles. The number of hydrogen-bond donors (Lipinski definition) is 2. The summed E-state index contributed by atoms with van der Waals surface area (Å²) in [6.07, 6.45) is 5.81.